The maximum Gasteiger partial charge on any atom is 0.179 e. The summed E-state index contributed by atoms with van der Waals surface area (Å²) in [4.78, 5) is 12.6. The van der Waals surface area contributed by atoms with Gasteiger partial charge < -0.3 is 5.73 Å². The van der Waals surface area contributed by atoms with Crippen LogP contribution in [-0.4, -0.2) is 5.78 Å². The summed E-state index contributed by atoms with van der Waals surface area (Å²) in [6.07, 6.45) is -6.49. The molecule has 0 aromatic heterocycles. The number of rotatable bonds is 1. The molecule has 1 aliphatic rings. The molecular weight excluding hydrogens is 210 g/mol. The Morgan fingerprint density at radius 1 is 1.53 bits per heavy atom. The largest absolute Gasteiger partial charge is 0.315 e. The van der Waals surface area contributed by atoms with E-state index in [1.807, 2.05) is 0 Å². The van der Waals surface area contributed by atoms with Crippen LogP contribution in [0.1, 0.15) is 32.0 Å². The molecule has 0 saturated heterocycles. The molecule has 2 N–H and O–H groups in total. The van der Waals surface area contributed by atoms with E-state index in [0.29, 0.717) is 0 Å². The highest BCUT2D eigenvalue weighted by Crippen LogP contribution is 2.33. The molecule has 1 aromatic carbocycles. The molecule has 2 rings (SSSR count). The van der Waals surface area contributed by atoms with Crippen LogP contribution in [0, 0.1) is 0 Å². The van der Waals surface area contributed by atoms with Gasteiger partial charge in [-0.1, -0.05) is 35.8 Å². The van der Waals surface area contributed by atoms with E-state index in [2.05, 4.69) is 0 Å². The van der Waals surface area contributed by atoms with Crippen LogP contribution in [0.3, 0.4) is 0 Å². The van der Waals surface area contributed by atoms with Crippen LogP contribution in [0.5, 0.6) is 0 Å². The molecule has 0 fully saturated rings. The minimum atomic E-state index is -3.32. The smallest absolute Gasteiger partial charge is 0.179 e. The van der Waals surface area contributed by atoms with Gasteiger partial charge in [-0.25, -0.2) is 0 Å². The topological polar surface area (TPSA) is 43.1 Å². The summed E-state index contributed by atoms with van der Waals surface area (Å²) < 4.78 is 77.8. The maximum atomic E-state index is 12.6. The van der Waals surface area contributed by atoms with Gasteiger partial charge in [0.1, 0.15) is 5.54 Å². The van der Waals surface area contributed by atoms with Crippen molar-refractivity contribution in [3.63, 3.8) is 0 Å². The molecule has 0 bridgehead atoms. The van der Waals surface area contributed by atoms with Crippen LogP contribution in [0.25, 0.3) is 0 Å². The van der Waals surface area contributed by atoms with E-state index in [9.17, 15) is 4.79 Å². The lowest BCUT2D eigenvalue weighted by atomic mass is 9.79. The summed E-state index contributed by atoms with van der Waals surface area (Å²) in [5.41, 5.74) is 2.01. The van der Waals surface area contributed by atoms with Crippen molar-refractivity contribution in [3.05, 3.63) is 46.9 Å². The normalized spacial score (nSPS) is 43.2. The number of hydrogen-bond acceptors (Lipinski definition) is 2. The molecular formula is C12H12ClNO. The molecule has 0 radical (unpaired) electrons. The number of benzene rings is 1. The predicted molar refractivity (Wildman–Crippen MR) is 60.7 cm³/mol. The third-order valence-corrected chi connectivity index (χ3v) is 2.18. The number of nitrogens with two attached hydrogens (primary N) is 1. The number of ketones is 1. The first-order chi connectivity index (χ1) is 11.2. The van der Waals surface area contributed by atoms with Crippen molar-refractivity contribution < 1.29 is 18.5 Å². The summed E-state index contributed by atoms with van der Waals surface area (Å²) in [5, 5.41) is -0.747. The van der Waals surface area contributed by atoms with Crippen molar-refractivity contribution in [1.82, 2.24) is 0 Å². The number of allylic oxidation sites excluding steroid dienone is 1. The molecule has 0 heterocycles. The highest BCUT2D eigenvalue weighted by Gasteiger charge is 2.36. The second-order valence-corrected chi connectivity index (χ2v) is 3.20. The van der Waals surface area contributed by atoms with Crippen LogP contribution in [-0.2, 0) is 10.3 Å². The second-order valence-electron chi connectivity index (χ2n) is 2.83. The average molecular weight is 232 g/mol. The van der Waals surface area contributed by atoms with Gasteiger partial charge in [-0.15, -0.1) is 0 Å². The highest BCUT2D eigenvalue weighted by molar-refractivity contribution is 6.31. The molecule has 1 aromatic rings. The monoisotopic (exact) mass is 231 g/mol. The quantitative estimate of drug-likeness (QED) is 0.807. The minimum absolute atomic E-state index is 0.739. The van der Waals surface area contributed by atoms with Gasteiger partial charge in [0.2, 0.25) is 0 Å². The Morgan fingerprint density at radius 3 is 3.07 bits per heavy atom. The fraction of sp³-hybridized carbons (Fsp3) is 0.250. The average Bonchev–Trinajstić information content (AvgIpc) is 2.54. The van der Waals surface area contributed by atoms with Crippen LogP contribution in [0.4, 0.5) is 0 Å². The van der Waals surface area contributed by atoms with Crippen molar-refractivity contribution in [2.75, 3.05) is 0 Å². The number of carbonyl (C=O) groups excluding carboxylic acids is 1. The summed E-state index contributed by atoms with van der Waals surface area (Å²) in [5.74, 6) is -1.50. The number of carbonyl (C=O) groups is 1. The first-order valence-corrected chi connectivity index (χ1v) is 4.31. The van der Waals surface area contributed by atoms with Gasteiger partial charge in [-0.05, 0) is 30.4 Å². The molecule has 0 aliphatic heterocycles. The summed E-state index contributed by atoms with van der Waals surface area (Å²) in [7, 11) is 0. The van der Waals surface area contributed by atoms with Crippen molar-refractivity contribution in [1.29, 1.82) is 0 Å². The van der Waals surface area contributed by atoms with Gasteiger partial charge in [0.15, 0.2) is 5.78 Å². The predicted octanol–water partition coefficient (Wildman–Crippen LogP) is 2.41. The highest BCUT2D eigenvalue weighted by atomic mass is 35.5. The Hall–Kier alpha value is -1.12. The van der Waals surface area contributed by atoms with E-state index in [-0.39, 0.29) is 0 Å². The molecule has 0 spiro atoms. The zero-order chi connectivity index (χ0) is 19.7. The first-order valence-electron chi connectivity index (χ1n) is 8.93. The lowest BCUT2D eigenvalue weighted by Gasteiger charge is -2.30. The Morgan fingerprint density at radius 2 is 2.27 bits per heavy atom. The molecule has 1 atom stereocenters. The zero-order valence-electron chi connectivity index (χ0n) is 17.4. The molecule has 3 heteroatoms. The van der Waals surface area contributed by atoms with E-state index in [4.69, 9.17) is 31.0 Å². The SMILES string of the molecule is [2H]C1=C([2H])C([2H])([2H])C([2H])([2H])C(N)(c2c([2H])c([2H])c([2H])c([2H])c2Cl)C1=O. The summed E-state index contributed by atoms with van der Waals surface area (Å²) in [6, 6.07) is -5.67. The van der Waals surface area contributed by atoms with Crippen molar-refractivity contribution in [2.24, 2.45) is 5.73 Å². The molecule has 1 aliphatic carbocycles. The number of halogens is 1. The Bertz CT molecular complexity index is 807. The fourth-order valence-corrected chi connectivity index (χ4v) is 1.36. The summed E-state index contributed by atoms with van der Waals surface area (Å²) >= 11 is 5.91. The molecule has 1 unspecified atom stereocenters. The molecule has 2 nitrogen and oxygen atoms in total. The van der Waals surface area contributed by atoms with Crippen LogP contribution in [0.2, 0.25) is 5.02 Å². The van der Waals surface area contributed by atoms with E-state index >= 15 is 0 Å². The van der Waals surface area contributed by atoms with Gasteiger partial charge in [-0.3, -0.25) is 4.79 Å². The van der Waals surface area contributed by atoms with Gasteiger partial charge in [0, 0.05) is 10.5 Å². The summed E-state index contributed by atoms with van der Waals surface area (Å²) in [6.45, 7) is 0. The number of hydrogen-bond donors (Lipinski definition) is 1. The van der Waals surface area contributed by atoms with Gasteiger partial charge in [0.05, 0.1) is 8.22 Å². The molecule has 78 valence electrons. The second kappa shape index (κ2) is 3.80. The molecule has 15 heavy (non-hydrogen) atoms. The van der Waals surface area contributed by atoms with E-state index in [0.717, 1.165) is 0 Å². The standard InChI is InChI=1S/C12H12ClNO/c13-10-6-2-1-5-9(10)12(14)8-4-3-7-11(12)15/h1-3,5-7H,4,8,14H2/i1D,2D,3D,4D2,5D,6D,7D,8D2. The first kappa shape index (κ1) is 3.72. The van der Waals surface area contributed by atoms with Crippen LogP contribution in [0.15, 0.2) is 36.3 Å². The maximum absolute atomic E-state index is 12.6. The molecule has 0 saturated carbocycles. The van der Waals surface area contributed by atoms with E-state index in [1.165, 1.54) is 0 Å². The Labute approximate surface area is 108 Å². The lowest BCUT2D eigenvalue weighted by molar-refractivity contribution is -0.120. The Balaban J connectivity index is 3.04. The van der Waals surface area contributed by atoms with Crippen LogP contribution >= 0.6 is 11.6 Å². The Kier molecular flexibility index (Phi) is 0.942. The third kappa shape index (κ3) is 1.71. The van der Waals surface area contributed by atoms with Crippen molar-refractivity contribution in [3.8, 4) is 0 Å². The minimum Gasteiger partial charge on any atom is -0.315 e. The van der Waals surface area contributed by atoms with Gasteiger partial charge in [-0.2, -0.15) is 0 Å². The van der Waals surface area contributed by atoms with E-state index in [1.54, 1.807) is 0 Å². The lowest BCUT2D eigenvalue weighted by Crippen LogP contribution is -2.45. The van der Waals surface area contributed by atoms with Gasteiger partial charge >= 0.3 is 0 Å². The van der Waals surface area contributed by atoms with Crippen LogP contribution < -0.4 is 5.73 Å². The zero-order valence-corrected chi connectivity index (χ0v) is 8.12. The third-order valence-electron chi connectivity index (χ3n) is 1.89. The van der Waals surface area contributed by atoms with E-state index < -0.39 is 70.9 Å². The fourth-order valence-electron chi connectivity index (χ4n) is 1.12. The van der Waals surface area contributed by atoms with Gasteiger partial charge in [0.25, 0.3) is 0 Å². The van der Waals surface area contributed by atoms with Crippen molar-refractivity contribution in [2.45, 2.75) is 18.3 Å². The van der Waals surface area contributed by atoms with Crippen molar-refractivity contribution >= 4 is 17.4 Å². The molecule has 0 amide bonds.